The summed E-state index contributed by atoms with van der Waals surface area (Å²) in [6.07, 6.45) is 58.3. The molecule has 1 fully saturated rings. The van der Waals surface area contributed by atoms with Crippen molar-refractivity contribution >= 4 is 11.9 Å². The molecule has 0 aromatic heterocycles. The van der Waals surface area contributed by atoms with Crippen LogP contribution in [0.25, 0.3) is 0 Å². The summed E-state index contributed by atoms with van der Waals surface area (Å²) in [7, 11) is 0. The number of rotatable bonds is 55. The minimum absolute atomic E-state index is 0.120. The van der Waals surface area contributed by atoms with Gasteiger partial charge in [0.1, 0.15) is 24.4 Å². The van der Waals surface area contributed by atoms with E-state index in [4.69, 9.17) is 14.2 Å². The van der Waals surface area contributed by atoms with Gasteiger partial charge in [-0.25, -0.2) is 0 Å². The summed E-state index contributed by atoms with van der Waals surface area (Å²) in [6.45, 7) is 5.76. The molecule has 1 amide bonds. The van der Waals surface area contributed by atoms with Crippen molar-refractivity contribution < 1.29 is 49.3 Å². The molecule has 1 aliphatic heterocycles. The molecule has 0 aliphatic carbocycles. The average Bonchev–Trinajstić information content (AvgIpc) is 3.44. The SMILES string of the molecule is CCCCC/C=C\C/C=C\C/C=C\CCCCCC(O)C(=O)NC(COC1OC(CO)C(O)C(O)C1OC(=O)CCCCCCCCCCCCC/C=C/CCCCCCCC)C(O)/C=C/CCCCCCCCCCCC. The van der Waals surface area contributed by atoms with Gasteiger partial charge in [-0.15, -0.1) is 0 Å². The fraction of sp³-hybridized carbons (Fsp3) is 0.821. The van der Waals surface area contributed by atoms with Gasteiger partial charge in [0.25, 0.3) is 0 Å². The molecule has 6 N–H and O–H groups in total. The highest BCUT2D eigenvalue weighted by atomic mass is 16.7. The quantitative estimate of drug-likeness (QED) is 0.0195. The molecule has 8 unspecified atom stereocenters. The second-order valence-corrected chi connectivity index (χ2v) is 22.5. The van der Waals surface area contributed by atoms with Crippen LogP contribution in [-0.4, -0.2) is 99.6 Å². The van der Waals surface area contributed by atoms with Gasteiger partial charge in [0.05, 0.1) is 25.4 Å². The molecular formula is C67H121NO10. The van der Waals surface area contributed by atoms with Crippen LogP contribution in [-0.2, 0) is 23.8 Å². The van der Waals surface area contributed by atoms with Gasteiger partial charge in [-0.1, -0.05) is 255 Å². The smallest absolute Gasteiger partial charge is 0.306 e. The third kappa shape index (κ3) is 42.2. The van der Waals surface area contributed by atoms with Crippen molar-refractivity contribution in [3.63, 3.8) is 0 Å². The van der Waals surface area contributed by atoms with Gasteiger partial charge in [0.15, 0.2) is 12.4 Å². The van der Waals surface area contributed by atoms with Crippen LogP contribution in [0.2, 0.25) is 0 Å². The maximum absolute atomic E-state index is 13.4. The maximum atomic E-state index is 13.4. The number of unbranched alkanes of at least 4 members (excludes halogenated alkanes) is 33. The van der Waals surface area contributed by atoms with E-state index in [0.29, 0.717) is 12.8 Å². The first-order valence-corrected chi connectivity index (χ1v) is 32.6. The van der Waals surface area contributed by atoms with Gasteiger partial charge in [0.2, 0.25) is 5.91 Å². The Balaban J connectivity index is 2.65. The zero-order valence-corrected chi connectivity index (χ0v) is 50.3. The van der Waals surface area contributed by atoms with Crippen molar-refractivity contribution in [2.24, 2.45) is 0 Å². The van der Waals surface area contributed by atoms with E-state index >= 15 is 0 Å². The highest BCUT2D eigenvalue weighted by molar-refractivity contribution is 5.80. The second kappa shape index (κ2) is 54.9. The van der Waals surface area contributed by atoms with Crippen molar-refractivity contribution in [2.45, 2.75) is 339 Å². The number of aliphatic hydroxyl groups is 5. The first kappa shape index (κ1) is 73.4. The van der Waals surface area contributed by atoms with Crippen molar-refractivity contribution in [1.29, 1.82) is 0 Å². The highest BCUT2D eigenvalue weighted by Crippen LogP contribution is 2.26. The Bertz CT molecular complexity index is 1500. The summed E-state index contributed by atoms with van der Waals surface area (Å²) in [4.78, 5) is 26.6. The predicted octanol–water partition coefficient (Wildman–Crippen LogP) is 15.8. The normalized spacial score (nSPS) is 19.3. The van der Waals surface area contributed by atoms with Crippen LogP contribution < -0.4 is 5.32 Å². The molecule has 0 aromatic carbocycles. The van der Waals surface area contributed by atoms with Crippen LogP contribution in [0.5, 0.6) is 0 Å². The topological polar surface area (TPSA) is 175 Å². The molecule has 0 aromatic rings. The van der Waals surface area contributed by atoms with E-state index in [9.17, 15) is 35.1 Å². The Hall–Kier alpha value is -2.64. The van der Waals surface area contributed by atoms with E-state index in [2.05, 4.69) is 74.7 Å². The van der Waals surface area contributed by atoms with Crippen LogP contribution in [0.4, 0.5) is 0 Å². The molecule has 454 valence electrons. The molecule has 11 nitrogen and oxygen atoms in total. The number of aliphatic hydroxyl groups excluding tert-OH is 5. The van der Waals surface area contributed by atoms with E-state index in [1.54, 1.807) is 6.08 Å². The van der Waals surface area contributed by atoms with Crippen LogP contribution in [0, 0.1) is 0 Å². The number of hydrogen-bond acceptors (Lipinski definition) is 10. The first-order chi connectivity index (χ1) is 38.2. The van der Waals surface area contributed by atoms with Crippen molar-refractivity contribution in [1.82, 2.24) is 5.32 Å². The molecule has 0 bridgehead atoms. The summed E-state index contributed by atoms with van der Waals surface area (Å²) < 4.78 is 17.6. The molecule has 1 saturated heterocycles. The van der Waals surface area contributed by atoms with E-state index < -0.39 is 67.4 Å². The fourth-order valence-electron chi connectivity index (χ4n) is 9.95. The lowest BCUT2D eigenvalue weighted by molar-refractivity contribution is -0.305. The van der Waals surface area contributed by atoms with Crippen molar-refractivity contribution in [2.75, 3.05) is 13.2 Å². The van der Waals surface area contributed by atoms with Gasteiger partial charge in [-0.3, -0.25) is 9.59 Å². The Morgan fingerprint density at radius 1 is 0.500 bits per heavy atom. The lowest BCUT2D eigenvalue weighted by Gasteiger charge is -2.41. The standard InChI is InChI=1S/C67H121NO10/c1-4-7-10-13-16-19-22-25-27-29-30-31-32-33-35-37-40-43-46-49-52-55-62(72)78-65-64(74)63(73)61(56-69)77-67(65)76-57-58(59(70)53-50-47-44-41-38-24-21-18-15-12-9-6-3)68-66(75)60(71)54-51-48-45-42-39-36-34-28-26-23-20-17-14-11-8-5-2/h17,20,25-28,36,39,50,53,58-61,63-65,67,69-71,73-74H,4-16,18-19,21-24,29-35,37-38,40-49,51-52,54-57H2,1-3H3,(H,68,75)/b20-17-,27-25+,28-26-,39-36-,53-50+. The van der Waals surface area contributed by atoms with Crippen LogP contribution in [0.3, 0.4) is 0 Å². The zero-order valence-electron chi connectivity index (χ0n) is 50.3. The van der Waals surface area contributed by atoms with E-state index in [1.807, 2.05) is 6.08 Å². The largest absolute Gasteiger partial charge is 0.454 e. The minimum atomic E-state index is -1.62. The third-order valence-electron chi connectivity index (χ3n) is 15.1. The van der Waals surface area contributed by atoms with Gasteiger partial charge in [-0.05, 0) is 89.9 Å². The second-order valence-electron chi connectivity index (χ2n) is 22.5. The van der Waals surface area contributed by atoms with E-state index in [-0.39, 0.29) is 19.4 Å². The Morgan fingerprint density at radius 3 is 1.36 bits per heavy atom. The molecule has 0 radical (unpaired) electrons. The number of hydrogen-bond donors (Lipinski definition) is 6. The Kier molecular flexibility index (Phi) is 51.7. The number of amides is 1. The summed E-state index contributed by atoms with van der Waals surface area (Å²) >= 11 is 0. The molecule has 11 heteroatoms. The number of carbonyl (C=O) groups is 2. The molecule has 0 spiro atoms. The van der Waals surface area contributed by atoms with Crippen LogP contribution >= 0.6 is 0 Å². The summed E-state index contributed by atoms with van der Waals surface area (Å²) in [5, 5.41) is 57.0. The number of esters is 1. The van der Waals surface area contributed by atoms with E-state index in [0.717, 1.165) is 77.0 Å². The monoisotopic (exact) mass is 1100 g/mol. The third-order valence-corrected chi connectivity index (χ3v) is 15.1. The molecule has 1 aliphatic rings. The number of allylic oxidation sites excluding steroid dienone is 9. The lowest BCUT2D eigenvalue weighted by Crippen LogP contribution is -2.61. The number of ether oxygens (including phenoxy) is 3. The molecule has 8 atom stereocenters. The molecular weight excluding hydrogens is 979 g/mol. The molecule has 0 saturated carbocycles. The first-order valence-electron chi connectivity index (χ1n) is 32.6. The average molecular weight is 1100 g/mol. The lowest BCUT2D eigenvalue weighted by atomic mass is 9.99. The highest BCUT2D eigenvalue weighted by Gasteiger charge is 2.47. The van der Waals surface area contributed by atoms with Gasteiger partial charge < -0.3 is 45.1 Å². The van der Waals surface area contributed by atoms with Gasteiger partial charge in [-0.2, -0.15) is 0 Å². The minimum Gasteiger partial charge on any atom is -0.454 e. The van der Waals surface area contributed by atoms with Crippen LogP contribution in [0.1, 0.15) is 290 Å². The van der Waals surface area contributed by atoms with Crippen LogP contribution in [0.15, 0.2) is 60.8 Å². The summed E-state index contributed by atoms with van der Waals surface area (Å²) in [6, 6.07) is -1.04. The number of nitrogens with one attached hydrogen (secondary N) is 1. The van der Waals surface area contributed by atoms with Gasteiger partial charge >= 0.3 is 5.97 Å². The fourth-order valence-corrected chi connectivity index (χ4v) is 9.95. The maximum Gasteiger partial charge on any atom is 0.306 e. The van der Waals surface area contributed by atoms with Crippen molar-refractivity contribution in [3.8, 4) is 0 Å². The zero-order chi connectivity index (χ0) is 56.8. The van der Waals surface area contributed by atoms with E-state index in [1.165, 1.54) is 167 Å². The molecule has 1 rings (SSSR count). The number of carbonyl (C=O) groups excluding carboxylic acids is 2. The Labute approximate surface area is 478 Å². The van der Waals surface area contributed by atoms with Gasteiger partial charge in [0, 0.05) is 6.42 Å². The summed E-state index contributed by atoms with van der Waals surface area (Å²) in [5.41, 5.74) is 0. The summed E-state index contributed by atoms with van der Waals surface area (Å²) in [5.74, 6) is -1.21. The Morgan fingerprint density at radius 2 is 0.885 bits per heavy atom. The molecule has 1 heterocycles. The predicted molar refractivity (Wildman–Crippen MR) is 324 cm³/mol. The molecule has 78 heavy (non-hydrogen) atoms. The van der Waals surface area contributed by atoms with Crippen molar-refractivity contribution in [3.05, 3.63) is 60.8 Å².